The van der Waals surface area contributed by atoms with Crippen LogP contribution < -0.4 is 4.74 Å². The Hall–Kier alpha value is -2.34. The maximum Gasteiger partial charge on any atom is 0.167 e. The molecule has 2 nitrogen and oxygen atoms in total. The highest BCUT2D eigenvalue weighted by molar-refractivity contribution is 5.43. The topological polar surface area (TPSA) is 33.0 Å². The summed E-state index contributed by atoms with van der Waals surface area (Å²) in [7, 11) is 0. The first-order chi connectivity index (χ1) is 9.81. The highest BCUT2D eigenvalue weighted by atomic mass is 19.1. The molecule has 21 heavy (non-hydrogen) atoms. The Kier molecular flexibility index (Phi) is 3.99. The summed E-state index contributed by atoms with van der Waals surface area (Å²) in [6.07, 6.45) is 0. The van der Waals surface area contributed by atoms with E-state index in [1.807, 2.05) is 25.1 Å². The van der Waals surface area contributed by atoms with E-state index in [-0.39, 0.29) is 16.7 Å². The third-order valence-electron chi connectivity index (χ3n) is 3.32. The molecule has 0 spiro atoms. The van der Waals surface area contributed by atoms with Crippen LogP contribution >= 0.6 is 0 Å². The number of aryl methyl sites for hydroxylation is 1. The molecule has 0 aromatic heterocycles. The molecule has 0 atom stereocenters. The van der Waals surface area contributed by atoms with E-state index in [1.54, 1.807) is 0 Å². The SMILES string of the molecule is Cc1cc(C(C)(C)C)ccc1Oc1ccc(C#N)cc1F. The fourth-order valence-corrected chi connectivity index (χ4v) is 2.00. The number of hydrogen-bond acceptors (Lipinski definition) is 2. The van der Waals surface area contributed by atoms with E-state index in [9.17, 15) is 4.39 Å². The van der Waals surface area contributed by atoms with Crippen LogP contribution in [-0.2, 0) is 5.41 Å². The van der Waals surface area contributed by atoms with Crippen molar-refractivity contribution in [3.05, 3.63) is 58.9 Å². The molecule has 0 aliphatic rings. The summed E-state index contributed by atoms with van der Waals surface area (Å²) < 4.78 is 19.5. The van der Waals surface area contributed by atoms with Gasteiger partial charge in [0.15, 0.2) is 11.6 Å². The van der Waals surface area contributed by atoms with Crippen LogP contribution in [0.5, 0.6) is 11.5 Å². The van der Waals surface area contributed by atoms with Gasteiger partial charge < -0.3 is 4.74 Å². The van der Waals surface area contributed by atoms with Gasteiger partial charge in [0.05, 0.1) is 11.6 Å². The third kappa shape index (κ3) is 3.41. The lowest BCUT2D eigenvalue weighted by atomic mass is 9.86. The minimum atomic E-state index is -0.534. The van der Waals surface area contributed by atoms with Crippen molar-refractivity contribution < 1.29 is 9.13 Å². The summed E-state index contributed by atoms with van der Waals surface area (Å²) >= 11 is 0. The molecule has 0 N–H and O–H groups in total. The van der Waals surface area contributed by atoms with Crippen LogP contribution in [0.3, 0.4) is 0 Å². The number of halogens is 1. The second-order valence-corrected chi connectivity index (χ2v) is 6.09. The second-order valence-electron chi connectivity index (χ2n) is 6.09. The van der Waals surface area contributed by atoms with Crippen LogP contribution in [0.25, 0.3) is 0 Å². The average Bonchev–Trinajstić information content (AvgIpc) is 2.41. The van der Waals surface area contributed by atoms with Gasteiger partial charge >= 0.3 is 0 Å². The lowest BCUT2D eigenvalue weighted by Crippen LogP contribution is -2.11. The molecule has 2 rings (SSSR count). The van der Waals surface area contributed by atoms with E-state index in [1.165, 1.54) is 23.8 Å². The van der Waals surface area contributed by atoms with Gasteiger partial charge in [0.2, 0.25) is 0 Å². The molecule has 0 aliphatic carbocycles. The van der Waals surface area contributed by atoms with Crippen molar-refractivity contribution in [2.75, 3.05) is 0 Å². The zero-order chi connectivity index (χ0) is 15.6. The van der Waals surface area contributed by atoms with Crippen molar-refractivity contribution in [2.24, 2.45) is 0 Å². The lowest BCUT2D eigenvalue weighted by molar-refractivity contribution is 0.438. The molecule has 0 saturated carbocycles. The van der Waals surface area contributed by atoms with Crippen molar-refractivity contribution >= 4 is 0 Å². The molecular formula is C18H18FNO. The van der Waals surface area contributed by atoms with Gasteiger partial charge in [0, 0.05) is 0 Å². The van der Waals surface area contributed by atoms with Crippen molar-refractivity contribution in [3.63, 3.8) is 0 Å². The molecule has 108 valence electrons. The van der Waals surface area contributed by atoms with Gasteiger partial charge in [-0.05, 0) is 47.7 Å². The molecule has 0 fully saturated rings. The van der Waals surface area contributed by atoms with Crippen LogP contribution in [0.15, 0.2) is 36.4 Å². The molecule has 2 aromatic carbocycles. The van der Waals surface area contributed by atoms with Crippen molar-refractivity contribution in [1.82, 2.24) is 0 Å². The van der Waals surface area contributed by atoms with Crippen LogP contribution in [0.4, 0.5) is 4.39 Å². The Bertz CT molecular complexity index is 708. The number of rotatable bonds is 2. The smallest absolute Gasteiger partial charge is 0.167 e. The summed E-state index contributed by atoms with van der Waals surface area (Å²) in [5.41, 5.74) is 2.49. The Balaban J connectivity index is 2.31. The van der Waals surface area contributed by atoms with Crippen molar-refractivity contribution in [2.45, 2.75) is 33.1 Å². The standard InChI is InChI=1S/C18H18FNO/c1-12-9-14(18(2,3)4)6-8-16(12)21-17-7-5-13(11-20)10-15(17)19/h5-10H,1-4H3. The molecule has 0 unspecified atom stereocenters. The highest BCUT2D eigenvalue weighted by Gasteiger charge is 2.15. The molecule has 0 aliphatic heterocycles. The van der Waals surface area contributed by atoms with E-state index in [0.29, 0.717) is 5.75 Å². The minimum absolute atomic E-state index is 0.0585. The number of nitriles is 1. The van der Waals surface area contributed by atoms with E-state index < -0.39 is 5.82 Å². The number of hydrogen-bond donors (Lipinski definition) is 0. The van der Waals surface area contributed by atoms with E-state index in [4.69, 9.17) is 10.00 Å². The number of benzene rings is 2. The van der Waals surface area contributed by atoms with Gasteiger partial charge in [-0.25, -0.2) is 4.39 Å². The summed E-state index contributed by atoms with van der Waals surface area (Å²) in [4.78, 5) is 0. The first-order valence-electron chi connectivity index (χ1n) is 6.80. The van der Waals surface area contributed by atoms with Crippen LogP contribution in [-0.4, -0.2) is 0 Å². The summed E-state index contributed by atoms with van der Waals surface area (Å²) in [6.45, 7) is 8.36. The van der Waals surface area contributed by atoms with E-state index in [0.717, 1.165) is 5.56 Å². The maximum absolute atomic E-state index is 13.8. The summed E-state index contributed by atoms with van der Waals surface area (Å²) in [5.74, 6) is 0.209. The predicted molar refractivity (Wildman–Crippen MR) is 81.1 cm³/mol. The Morgan fingerprint density at radius 3 is 2.24 bits per heavy atom. The fourth-order valence-electron chi connectivity index (χ4n) is 2.00. The number of ether oxygens (including phenoxy) is 1. The largest absolute Gasteiger partial charge is 0.454 e. The summed E-state index contributed by atoms with van der Waals surface area (Å²) in [6, 6.07) is 12.0. The van der Waals surface area contributed by atoms with E-state index >= 15 is 0 Å². The number of nitrogens with zero attached hydrogens (tertiary/aromatic N) is 1. The average molecular weight is 283 g/mol. The van der Waals surface area contributed by atoms with Gasteiger partial charge in [0.25, 0.3) is 0 Å². The molecule has 0 radical (unpaired) electrons. The Morgan fingerprint density at radius 2 is 1.71 bits per heavy atom. The zero-order valence-corrected chi connectivity index (χ0v) is 12.7. The second kappa shape index (κ2) is 5.57. The molecule has 0 amide bonds. The van der Waals surface area contributed by atoms with Gasteiger partial charge in [-0.2, -0.15) is 5.26 Å². The highest BCUT2D eigenvalue weighted by Crippen LogP contribution is 2.31. The Labute approximate surface area is 124 Å². The molecular weight excluding hydrogens is 265 g/mol. The first-order valence-corrected chi connectivity index (χ1v) is 6.80. The molecule has 0 bridgehead atoms. The minimum Gasteiger partial charge on any atom is -0.454 e. The lowest BCUT2D eigenvalue weighted by Gasteiger charge is -2.20. The van der Waals surface area contributed by atoms with E-state index in [2.05, 4.69) is 26.8 Å². The molecule has 2 aromatic rings. The summed E-state index contributed by atoms with van der Waals surface area (Å²) in [5, 5.41) is 8.74. The third-order valence-corrected chi connectivity index (χ3v) is 3.32. The van der Waals surface area contributed by atoms with Crippen molar-refractivity contribution in [3.8, 4) is 17.6 Å². The Morgan fingerprint density at radius 1 is 1.05 bits per heavy atom. The van der Waals surface area contributed by atoms with Crippen molar-refractivity contribution in [1.29, 1.82) is 5.26 Å². The monoisotopic (exact) mass is 283 g/mol. The van der Waals surface area contributed by atoms with Crippen LogP contribution in [0.1, 0.15) is 37.5 Å². The normalized spacial score (nSPS) is 11.0. The van der Waals surface area contributed by atoms with Crippen LogP contribution in [0, 0.1) is 24.1 Å². The van der Waals surface area contributed by atoms with Gasteiger partial charge in [-0.15, -0.1) is 0 Å². The molecule has 0 heterocycles. The van der Waals surface area contributed by atoms with Gasteiger partial charge in [0.1, 0.15) is 5.75 Å². The predicted octanol–water partition coefficient (Wildman–Crippen LogP) is 5.10. The van der Waals surface area contributed by atoms with Gasteiger partial charge in [-0.1, -0.05) is 32.9 Å². The van der Waals surface area contributed by atoms with Crippen LogP contribution in [0.2, 0.25) is 0 Å². The zero-order valence-electron chi connectivity index (χ0n) is 12.7. The molecule has 3 heteroatoms. The first kappa shape index (κ1) is 15.1. The fraction of sp³-hybridized carbons (Fsp3) is 0.278. The quantitative estimate of drug-likeness (QED) is 0.768. The van der Waals surface area contributed by atoms with Gasteiger partial charge in [-0.3, -0.25) is 0 Å². The molecule has 0 saturated heterocycles. The maximum atomic E-state index is 13.8.